The minimum Gasteiger partial charge on any atom is -0.457 e. The third-order valence-corrected chi connectivity index (χ3v) is 7.66. The van der Waals surface area contributed by atoms with Gasteiger partial charge in [-0.25, -0.2) is 9.36 Å². The zero-order chi connectivity index (χ0) is 28.4. The Kier molecular flexibility index (Phi) is 8.69. The first kappa shape index (κ1) is 29.1. The molecule has 1 fully saturated rings. The first-order chi connectivity index (χ1) is 18.3. The number of nitrogens with zero attached hydrogens (tertiary/aromatic N) is 2. The third kappa shape index (κ3) is 7.18. The molecule has 6 atom stereocenters. The number of nitrogen functional groups attached to an aromatic ring is 1. The molecule has 0 amide bonds. The van der Waals surface area contributed by atoms with Crippen LogP contribution in [0.5, 0.6) is 11.5 Å². The van der Waals surface area contributed by atoms with E-state index in [0.717, 1.165) is 4.57 Å². The summed E-state index contributed by atoms with van der Waals surface area (Å²) in [4.78, 5) is 45.5. The first-order valence-corrected chi connectivity index (χ1v) is 14.4. The second-order valence-electron chi connectivity index (χ2n) is 8.39. The maximum atomic E-state index is 12.7. The van der Waals surface area contributed by atoms with Crippen LogP contribution in [0.3, 0.4) is 0 Å². The van der Waals surface area contributed by atoms with Crippen molar-refractivity contribution in [3.8, 4) is 11.5 Å². The van der Waals surface area contributed by atoms with Gasteiger partial charge in [-0.1, -0.05) is 30.3 Å². The van der Waals surface area contributed by atoms with Crippen LogP contribution < -0.4 is 16.2 Å². The Morgan fingerprint density at radius 2 is 1.69 bits per heavy atom. The van der Waals surface area contributed by atoms with Gasteiger partial charge >= 0.3 is 21.1 Å². The molecule has 17 heteroatoms. The number of rotatable bonds is 10. The van der Waals surface area contributed by atoms with Crippen molar-refractivity contribution >= 4 is 21.2 Å². The molecular formula is C22H25N3O12P2. The van der Waals surface area contributed by atoms with Gasteiger partial charge in [0, 0.05) is 6.20 Å². The zero-order valence-electron chi connectivity index (χ0n) is 19.9. The number of ether oxygens (including phenoxy) is 2. The normalized spacial score (nSPS) is 23.7. The molecule has 4 rings (SSSR count). The molecule has 1 unspecified atom stereocenters. The molecule has 3 aromatic rings. The molecule has 0 bridgehead atoms. The number of phosphoric ester groups is 1. The van der Waals surface area contributed by atoms with Crippen molar-refractivity contribution in [3.05, 3.63) is 82.9 Å². The van der Waals surface area contributed by atoms with Crippen LogP contribution in [0, 0.1) is 0 Å². The molecule has 1 aromatic heterocycles. The fourth-order valence-corrected chi connectivity index (χ4v) is 5.88. The van der Waals surface area contributed by atoms with Gasteiger partial charge in [-0.05, 0) is 35.9 Å². The van der Waals surface area contributed by atoms with Gasteiger partial charge in [0.15, 0.2) is 12.1 Å². The summed E-state index contributed by atoms with van der Waals surface area (Å²) in [7, 11) is -10.4. The van der Waals surface area contributed by atoms with E-state index >= 15 is 0 Å². The summed E-state index contributed by atoms with van der Waals surface area (Å²) in [6, 6.07) is 15.2. The predicted molar refractivity (Wildman–Crippen MR) is 133 cm³/mol. The monoisotopic (exact) mass is 585 g/mol. The van der Waals surface area contributed by atoms with Crippen molar-refractivity contribution < 1.29 is 52.5 Å². The summed E-state index contributed by atoms with van der Waals surface area (Å²) in [5.41, 5.74) is 4.37. The molecule has 7 N–H and O–H groups in total. The molecule has 39 heavy (non-hydrogen) atoms. The number of hydrogen-bond acceptors (Lipinski definition) is 11. The van der Waals surface area contributed by atoms with Crippen molar-refractivity contribution in [2.24, 2.45) is 0 Å². The lowest BCUT2D eigenvalue weighted by atomic mass is 10.1. The SMILES string of the molecule is Nc1ccn([C@@H]2O[C@H](COP(=O)(O)O[C@@H](c3cccc(Oc4ccccc4)c3)P(=O)(O)O)[C@@H](O)[C@H]2O)c(=O)n1. The fraction of sp³-hybridized carbons (Fsp3) is 0.273. The van der Waals surface area contributed by atoms with E-state index in [0.29, 0.717) is 5.75 Å². The number of nitrogens with two attached hydrogens (primary N) is 1. The van der Waals surface area contributed by atoms with Gasteiger partial charge in [0.2, 0.25) is 0 Å². The highest BCUT2D eigenvalue weighted by atomic mass is 31.2. The molecule has 2 aromatic carbocycles. The molecule has 2 heterocycles. The van der Waals surface area contributed by atoms with Crippen molar-refractivity contribution in [3.63, 3.8) is 0 Å². The van der Waals surface area contributed by atoms with Crippen LogP contribution in [0.25, 0.3) is 0 Å². The van der Waals surface area contributed by atoms with Gasteiger partial charge in [0.1, 0.15) is 35.6 Å². The Balaban J connectivity index is 1.46. The van der Waals surface area contributed by atoms with Crippen LogP contribution in [0.2, 0.25) is 0 Å². The Morgan fingerprint density at radius 1 is 1.00 bits per heavy atom. The Labute approximate surface area is 220 Å². The van der Waals surface area contributed by atoms with Gasteiger partial charge in [0.05, 0.1) is 6.61 Å². The van der Waals surface area contributed by atoms with E-state index < -0.39 is 58.1 Å². The standard InChI is InChI=1S/C22H25N3O12P2/c23-17-9-10-25(22(28)24-17)20-19(27)18(26)16(36-20)12-34-39(32,33)37-21(38(29,30)31)13-5-4-8-15(11-13)35-14-6-2-1-3-7-14/h1-11,16,18-21,26-27H,12H2,(H,32,33)(H2,23,24,28)(H2,29,30,31)/t16-,18-,19-,20-,21-/m1/s1. The molecule has 1 aliphatic heterocycles. The minimum absolute atomic E-state index is 0.0840. The lowest BCUT2D eigenvalue weighted by molar-refractivity contribution is -0.0556. The zero-order valence-corrected chi connectivity index (χ0v) is 21.7. The fourth-order valence-electron chi connectivity index (χ4n) is 3.71. The van der Waals surface area contributed by atoms with Gasteiger partial charge in [-0.15, -0.1) is 0 Å². The molecule has 0 radical (unpaired) electrons. The van der Waals surface area contributed by atoms with Crippen LogP contribution in [-0.2, 0) is 22.9 Å². The summed E-state index contributed by atoms with van der Waals surface area (Å²) < 4.78 is 46.4. The van der Waals surface area contributed by atoms with E-state index in [1.165, 1.54) is 36.5 Å². The number of para-hydroxylation sites is 1. The molecule has 0 spiro atoms. The highest BCUT2D eigenvalue weighted by Crippen LogP contribution is 2.61. The number of aliphatic hydroxyl groups is 2. The number of hydrogen-bond donors (Lipinski definition) is 6. The minimum atomic E-state index is -5.20. The smallest absolute Gasteiger partial charge is 0.457 e. The molecule has 1 saturated heterocycles. The molecule has 0 aliphatic carbocycles. The number of benzene rings is 2. The summed E-state index contributed by atoms with van der Waals surface area (Å²) in [5, 5.41) is 20.6. The van der Waals surface area contributed by atoms with Crippen molar-refractivity contribution in [2.75, 3.05) is 12.3 Å². The summed E-state index contributed by atoms with van der Waals surface area (Å²) in [6.07, 6.45) is -5.02. The van der Waals surface area contributed by atoms with Gasteiger partial charge in [-0.3, -0.25) is 18.2 Å². The highest BCUT2D eigenvalue weighted by Gasteiger charge is 2.46. The number of aromatic nitrogens is 2. The number of phosphoric acid groups is 1. The van der Waals surface area contributed by atoms with Gasteiger partial charge < -0.3 is 40.1 Å². The number of aliphatic hydroxyl groups excluding tert-OH is 2. The van der Waals surface area contributed by atoms with Crippen molar-refractivity contribution in [2.45, 2.75) is 30.4 Å². The largest absolute Gasteiger partial charge is 0.473 e. The van der Waals surface area contributed by atoms with Crippen molar-refractivity contribution in [1.29, 1.82) is 0 Å². The van der Waals surface area contributed by atoms with Crippen LogP contribution >= 0.6 is 15.4 Å². The van der Waals surface area contributed by atoms with Gasteiger partial charge in [-0.2, -0.15) is 4.98 Å². The van der Waals surface area contributed by atoms with Crippen LogP contribution in [0.1, 0.15) is 17.6 Å². The highest BCUT2D eigenvalue weighted by molar-refractivity contribution is 7.53. The van der Waals surface area contributed by atoms with Gasteiger partial charge in [0.25, 0.3) is 0 Å². The van der Waals surface area contributed by atoms with E-state index in [-0.39, 0.29) is 17.1 Å². The average molecular weight is 585 g/mol. The summed E-state index contributed by atoms with van der Waals surface area (Å²) in [5.74, 6) is -1.70. The second kappa shape index (κ2) is 11.7. The lowest BCUT2D eigenvalue weighted by Crippen LogP contribution is -2.36. The van der Waals surface area contributed by atoms with E-state index in [9.17, 15) is 38.8 Å². The van der Waals surface area contributed by atoms with E-state index in [2.05, 4.69) is 4.98 Å². The predicted octanol–water partition coefficient (Wildman–Crippen LogP) is 1.25. The summed E-state index contributed by atoms with van der Waals surface area (Å²) >= 11 is 0. The number of anilines is 1. The summed E-state index contributed by atoms with van der Waals surface area (Å²) in [6.45, 7) is -0.856. The first-order valence-electron chi connectivity index (χ1n) is 11.2. The Morgan fingerprint density at radius 3 is 2.36 bits per heavy atom. The van der Waals surface area contributed by atoms with Crippen LogP contribution in [0.4, 0.5) is 5.82 Å². The molecular weight excluding hydrogens is 560 g/mol. The molecule has 1 aliphatic rings. The van der Waals surface area contributed by atoms with Crippen molar-refractivity contribution in [1.82, 2.24) is 9.55 Å². The quantitative estimate of drug-likeness (QED) is 0.184. The topological polar surface area (TPSA) is 233 Å². The van der Waals surface area contributed by atoms with Crippen LogP contribution in [-0.4, -0.2) is 59.4 Å². The molecule has 15 nitrogen and oxygen atoms in total. The van der Waals surface area contributed by atoms with E-state index in [1.807, 2.05) is 0 Å². The third-order valence-electron chi connectivity index (χ3n) is 5.53. The Hall–Kier alpha value is -2.94. The second-order valence-corrected chi connectivity index (χ2v) is 11.4. The maximum absolute atomic E-state index is 12.7. The molecule has 0 saturated carbocycles. The Bertz CT molecular complexity index is 1450. The maximum Gasteiger partial charge on any atom is 0.473 e. The van der Waals surface area contributed by atoms with E-state index in [4.69, 9.17) is 24.3 Å². The molecule has 210 valence electrons. The lowest BCUT2D eigenvalue weighted by Gasteiger charge is -2.23. The van der Waals surface area contributed by atoms with Crippen LogP contribution in [0.15, 0.2) is 71.7 Å². The average Bonchev–Trinajstić information content (AvgIpc) is 3.15. The van der Waals surface area contributed by atoms with E-state index in [1.54, 1.807) is 30.3 Å².